The molecule has 0 spiro atoms. The molecular formula is C9H16F3N3O2. The summed E-state index contributed by atoms with van der Waals surface area (Å²) in [7, 11) is 3.08. The summed E-state index contributed by atoms with van der Waals surface area (Å²) in [6.45, 7) is -0.0955. The van der Waals surface area contributed by atoms with Gasteiger partial charge in [0.15, 0.2) is 0 Å². The molecule has 0 rings (SSSR count). The van der Waals surface area contributed by atoms with Gasteiger partial charge in [-0.05, 0) is 6.92 Å². The Labute approximate surface area is 97.3 Å². The number of carbonyl (C=O) groups excluding carboxylic acids is 2. The van der Waals surface area contributed by atoms with E-state index in [1.807, 2.05) is 0 Å². The second-order valence-electron chi connectivity index (χ2n) is 3.72. The van der Waals surface area contributed by atoms with Crippen LogP contribution in [0.1, 0.15) is 6.92 Å². The Morgan fingerprint density at radius 1 is 1.29 bits per heavy atom. The average molecular weight is 255 g/mol. The minimum atomic E-state index is -4.44. The van der Waals surface area contributed by atoms with E-state index in [1.165, 1.54) is 11.8 Å². The Morgan fingerprint density at radius 2 is 1.82 bits per heavy atom. The molecule has 0 radical (unpaired) electrons. The Balaban J connectivity index is 3.94. The largest absolute Gasteiger partial charge is 0.405 e. The van der Waals surface area contributed by atoms with Crippen molar-refractivity contribution in [1.82, 2.24) is 15.5 Å². The van der Waals surface area contributed by atoms with Crippen molar-refractivity contribution in [2.45, 2.75) is 19.1 Å². The van der Waals surface area contributed by atoms with Crippen LogP contribution in [-0.2, 0) is 9.59 Å². The molecule has 5 nitrogen and oxygen atoms in total. The number of halogens is 3. The molecule has 100 valence electrons. The van der Waals surface area contributed by atoms with E-state index < -0.39 is 24.7 Å². The predicted octanol–water partition coefficient (Wildman–Crippen LogP) is -0.269. The molecule has 0 aliphatic carbocycles. The second-order valence-corrected chi connectivity index (χ2v) is 3.72. The number of amides is 2. The van der Waals surface area contributed by atoms with Crippen molar-refractivity contribution in [3.8, 4) is 0 Å². The third-order valence-corrected chi connectivity index (χ3v) is 1.91. The number of likely N-dealkylation sites (N-methyl/N-ethyl adjacent to an activating group) is 1. The molecule has 2 amide bonds. The highest BCUT2D eigenvalue weighted by Crippen LogP contribution is 2.12. The number of hydrogen-bond acceptors (Lipinski definition) is 3. The first-order chi connectivity index (χ1) is 7.63. The van der Waals surface area contributed by atoms with Crippen LogP contribution in [0.25, 0.3) is 0 Å². The van der Waals surface area contributed by atoms with E-state index in [0.717, 1.165) is 0 Å². The van der Waals surface area contributed by atoms with E-state index in [-0.39, 0.29) is 12.5 Å². The maximum absolute atomic E-state index is 11.8. The number of alkyl halides is 3. The minimum Gasteiger partial charge on any atom is -0.348 e. The van der Waals surface area contributed by atoms with Gasteiger partial charge in [0.2, 0.25) is 11.8 Å². The predicted molar refractivity (Wildman–Crippen MR) is 55.2 cm³/mol. The van der Waals surface area contributed by atoms with Crippen LogP contribution in [0.15, 0.2) is 0 Å². The van der Waals surface area contributed by atoms with Gasteiger partial charge in [0.05, 0.1) is 12.6 Å². The maximum Gasteiger partial charge on any atom is 0.405 e. The first-order valence-electron chi connectivity index (χ1n) is 4.91. The van der Waals surface area contributed by atoms with E-state index >= 15 is 0 Å². The molecule has 0 heterocycles. The van der Waals surface area contributed by atoms with Crippen molar-refractivity contribution < 1.29 is 22.8 Å². The van der Waals surface area contributed by atoms with Crippen LogP contribution in [0.4, 0.5) is 13.2 Å². The lowest BCUT2D eigenvalue weighted by Crippen LogP contribution is -2.47. The molecule has 0 saturated heterocycles. The highest BCUT2D eigenvalue weighted by molar-refractivity contribution is 5.83. The topological polar surface area (TPSA) is 61.4 Å². The van der Waals surface area contributed by atoms with Crippen molar-refractivity contribution >= 4 is 11.8 Å². The zero-order valence-corrected chi connectivity index (χ0v) is 9.89. The van der Waals surface area contributed by atoms with Crippen LogP contribution >= 0.6 is 0 Å². The van der Waals surface area contributed by atoms with Crippen LogP contribution in [-0.4, -0.2) is 56.1 Å². The van der Waals surface area contributed by atoms with Gasteiger partial charge in [0.1, 0.15) is 6.54 Å². The zero-order chi connectivity index (χ0) is 13.6. The molecular weight excluding hydrogens is 239 g/mol. The van der Waals surface area contributed by atoms with Crippen LogP contribution in [0, 0.1) is 0 Å². The average Bonchev–Trinajstić information content (AvgIpc) is 2.20. The molecule has 2 N–H and O–H groups in total. The second kappa shape index (κ2) is 6.43. The fourth-order valence-corrected chi connectivity index (χ4v) is 0.832. The minimum absolute atomic E-state index is 0.104. The molecule has 1 atom stereocenters. The quantitative estimate of drug-likeness (QED) is 0.711. The summed E-state index contributed by atoms with van der Waals surface area (Å²) in [4.78, 5) is 23.6. The van der Waals surface area contributed by atoms with Gasteiger partial charge < -0.3 is 10.2 Å². The summed E-state index contributed by atoms with van der Waals surface area (Å²) in [5.41, 5.74) is 0. The van der Waals surface area contributed by atoms with Crippen LogP contribution in [0.2, 0.25) is 0 Å². The molecule has 0 aromatic rings. The van der Waals surface area contributed by atoms with Gasteiger partial charge in [-0.3, -0.25) is 14.9 Å². The number of nitrogens with zero attached hydrogens (tertiary/aromatic N) is 1. The highest BCUT2D eigenvalue weighted by Gasteiger charge is 2.28. The lowest BCUT2D eigenvalue weighted by Gasteiger charge is -2.16. The van der Waals surface area contributed by atoms with Gasteiger partial charge in [-0.15, -0.1) is 0 Å². The van der Waals surface area contributed by atoms with Crippen molar-refractivity contribution in [3.63, 3.8) is 0 Å². The maximum atomic E-state index is 11.8. The van der Waals surface area contributed by atoms with Crippen LogP contribution in [0.5, 0.6) is 0 Å². The summed E-state index contributed by atoms with van der Waals surface area (Å²) in [6, 6.07) is -0.860. The van der Waals surface area contributed by atoms with Crippen LogP contribution < -0.4 is 10.6 Å². The van der Waals surface area contributed by atoms with Gasteiger partial charge in [0.25, 0.3) is 0 Å². The number of nitrogens with one attached hydrogen (secondary N) is 2. The molecule has 1 unspecified atom stereocenters. The van der Waals surface area contributed by atoms with Crippen molar-refractivity contribution in [2.24, 2.45) is 0 Å². The third-order valence-electron chi connectivity index (χ3n) is 1.91. The third kappa shape index (κ3) is 7.56. The van der Waals surface area contributed by atoms with Gasteiger partial charge in [0, 0.05) is 14.1 Å². The van der Waals surface area contributed by atoms with Crippen LogP contribution in [0.3, 0.4) is 0 Å². The molecule has 17 heavy (non-hydrogen) atoms. The Hall–Kier alpha value is -1.31. The lowest BCUT2D eigenvalue weighted by molar-refractivity contribution is -0.139. The van der Waals surface area contributed by atoms with E-state index in [2.05, 4.69) is 5.32 Å². The van der Waals surface area contributed by atoms with Gasteiger partial charge in [-0.25, -0.2) is 0 Å². The first-order valence-corrected chi connectivity index (χ1v) is 4.91. The number of carbonyl (C=O) groups is 2. The molecule has 0 bridgehead atoms. The van der Waals surface area contributed by atoms with E-state index in [9.17, 15) is 22.8 Å². The molecule has 0 aromatic carbocycles. The van der Waals surface area contributed by atoms with Crippen molar-refractivity contribution in [3.05, 3.63) is 0 Å². The van der Waals surface area contributed by atoms with Crippen molar-refractivity contribution in [2.75, 3.05) is 27.2 Å². The lowest BCUT2D eigenvalue weighted by atomic mass is 10.3. The molecule has 8 heteroatoms. The summed E-state index contributed by atoms with van der Waals surface area (Å²) >= 11 is 0. The number of hydrogen-bond donors (Lipinski definition) is 2. The molecule has 0 aliphatic heterocycles. The summed E-state index contributed by atoms with van der Waals surface area (Å²) in [5.74, 6) is -1.06. The Morgan fingerprint density at radius 3 is 2.24 bits per heavy atom. The summed E-state index contributed by atoms with van der Waals surface area (Å²) in [6.07, 6.45) is -4.44. The fraction of sp³-hybridized carbons (Fsp3) is 0.778. The monoisotopic (exact) mass is 255 g/mol. The smallest absolute Gasteiger partial charge is 0.348 e. The molecule has 0 saturated carbocycles. The summed E-state index contributed by atoms with van der Waals surface area (Å²) < 4.78 is 35.4. The standard InChI is InChI=1S/C9H16F3N3O2/c1-6(13-4-7(16)15(2)3)8(17)14-5-9(10,11)12/h6,13H,4-5H2,1-3H3,(H,14,17). The van der Waals surface area contributed by atoms with E-state index in [4.69, 9.17) is 0 Å². The molecule has 0 fully saturated rings. The van der Waals surface area contributed by atoms with Gasteiger partial charge >= 0.3 is 6.18 Å². The van der Waals surface area contributed by atoms with E-state index in [1.54, 1.807) is 19.4 Å². The SMILES string of the molecule is CC(NCC(=O)N(C)C)C(=O)NCC(F)(F)F. The Kier molecular flexibility index (Phi) is 5.94. The molecule has 0 aromatic heterocycles. The van der Waals surface area contributed by atoms with E-state index in [0.29, 0.717) is 0 Å². The Bertz CT molecular complexity index is 279. The number of rotatable bonds is 5. The zero-order valence-electron chi connectivity index (χ0n) is 9.89. The normalized spacial score (nSPS) is 13.1. The highest BCUT2D eigenvalue weighted by atomic mass is 19.4. The fourth-order valence-electron chi connectivity index (χ4n) is 0.832. The van der Waals surface area contributed by atoms with Gasteiger partial charge in [-0.2, -0.15) is 13.2 Å². The van der Waals surface area contributed by atoms with Gasteiger partial charge in [-0.1, -0.05) is 0 Å². The first kappa shape index (κ1) is 15.7. The molecule has 0 aliphatic rings. The summed E-state index contributed by atoms with van der Waals surface area (Å²) in [5, 5.41) is 4.25. The van der Waals surface area contributed by atoms with Crippen molar-refractivity contribution in [1.29, 1.82) is 0 Å².